The molecule has 1 fully saturated rings. The Bertz CT molecular complexity index is 630. The van der Waals surface area contributed by atoms with Crippen molar-refractivity contribution in [1.29, 1.82) is 0 Å². The highest BCUT2D eigenvalue weighted by molar-refractivity contribution is 5.84. The van der Waals surface area contributed by atoms with Gasteiger partial charge in [0.25, 0.3) is 0 Å². The smallest absolute Gasteiger partial charge is 0.371 e. The molecule has 5 nitrogen and oxygen atoms in total. The van der Waals surface area contributed by atoms with Gasteiger partial charge in [0.2, 0.25) is 5.76 Å². The first-order chi connectivity index (χ1) is 10.2. The number of anilines is 2. The molecule has 0 spiro atoms. The van der Waals surface area contributed by atoms with Gasteiger partial charge in [0.15, 0.2) is 0 Å². The molecule has 2 aromatic rings. The number of carbonyl (C=O) groups is 1. The summed E-state index contributed by atoms with van der Waals surface area (Å²) in [6, 6.07) is 11.4. The molecular weight excluding hydrogens is 268 g/mol. The maximum atomic E-state index is 10.8. The number of aromatic carboxylic acids is 1. The van der Waals surface area contributed by atoms with Crippen molar-refractivity contribution < 1.29 is 14.3 Å². The van der Waals surface area contributed by atoms with Gasteiger partial charge in [0, 0.05) is 24.5 Å². The van der Waals surface area contributed by atoms with Gasteiger partial charge >= 0.3 is 5.97 Å². The van der Waals surface area contributed by atoms with Crippen molar-refractivity contribution in [2.75, 3.05) is 23.3 Å². The zero-order valence-corrected chi connectivity index (χ0v) is 11.7. The van der Waals surface area contributed by atoms with E-state index in [4.69, 9.17) is 9.52 Å². The topological polar surface area (TPSA) is 65.7 Å². The van der Waals surface area contributed by atoms with E-state index in [1.165, 1.54) is 24.6 Å². The second kappa shape index (κ2) is 5.91. The fourth-order valence-electron chi connectivity index (χ4n) is 2.56. The lowest BCUT2D eigenvalue weighted by Crippen LogP contribution is -2.17. The minimum atomic E-state index is -1.04. The van der Waals surface area contributed by atoms with Gasteiger partial charge < -0.3 is 19.7 Å². The highest BCUT2D eigenvalue weighted by atomic mass is 16.4. The summed E-state index contributed by atoms with van der Waals surface area (Å²) in [5.41, 5.74) is 2.23. The van der Waals surface area contributed by atoms with Crippen LogP contribution in [0, 0.1) is 0 Å². The Morgan fingerprint density at radius 3 is 2.76 bits per heavy atom. The molecular formula is C16H18N2O3. The zero-order valence-electron chi connectivity index (χ0n) is 11.7. The van der Waals surface area contributed by atoms with Crippen molar-refractivity contribution in [2.24, 2.45) is 0 Å². The van der Waals surface area contributed by atoms with E-state index in [0.29, 0.717) is 12.3 Å². The molecule has 0 bridgehead atoms. The number of carboxylic acids is 1. The normalized spacial score (nSPS) is 14.4. The Morgan fingerprint density at radius 2 is 2.05 bits per heavy atom. The van der Waals surface area contributed by atoms with E-state index >= 15 is 0 Å². The Hall–Kier alpha value is -2.43. The first-order valence-electron chi connectivity index (χ1n) is 7.13. The molecule has 0 unspecified atom stereocenters. The van der Waals surface area contributed by atoms with Crippen LogP contribution in [-0.2, 0) is 6.54 Å². The van der Waals surface area contributed by atoms with E-state index in [1.54, 1.807) is 6.07 Å². The lowest BCUT2D eigenvalue weighted by Gasteiger charge is -2.18. The molecule has 2 heterocycles. The minimum absolute atomic E-state index is 0.0300. The van der Waals surface area contributed by atoms with Crippen molar-refractivity contribution in [1.82, 2.24) is 0 Å². The summed E-state index contributed by atoms with van der Waals surface area (Å²) >= 11 is 0. The summed E-state index contributed by atoms with van der Waals surface area (Å²) in [7, 11) is 0. The van der Waals surface area contributed by atoms with Crippen molar-refractivity contribution in [2.45, 2.75) is 19.4 Å². The Labute approximate surface area is 123 Å². The maximum absolute atomic E-state index is 10.8. The van der Waals surface area contributed by atoms with E-state index in [9.17, 15) is 4.79 Å². The van der Waals surface area contributed by atoms with Gasteiger partial charge in [-0.1, -0.05) is 6.07 Å². The summed E-state index contributed by atoms with van der Waals surface area (Å²) in [4.78, 5) is 13.1. The van der Waals surface area contributed by atoms with Crippen LogP contribution in [0.15, 0.2) is 40.8 Å². The Morgan fingerprint density at radius 1 is 1.24 bits per heavy atom. The fraction of sp³-hybridized carbons (Fsp3) is 0.312. The van der Waals surface area contributed by atoms with Crippen LogP contribution in [0.2, 0.25) is 0 Å². The number of rotatable bonds is 5. The number of hydrogen-bond donors (Lipinski definition) is 2. The summed E-state index contributed by atoms with van der Waals surface area (Å²) < 4.78 is 5.22. The number of nitrogens with one attached hydrogen (secondary N) is 1. The molecule has 0 saturated carbocycles. The summed E-state index contributed by atoms with van der Waals surface area (Å²) in [5, 5.41) is 12.1. The molecule has 2 N–H and O–H groups in total. The third-order valence-electron chi connectivity index (χ3n) is 3.66. The molecule has 110 valence electrons. The first kappa shape index (κ1) is 13.5. The SMILES string of the molecule is O=C(O)c1ccc(CNc2cccc(N3CCCC3)c2)o1. The van der Waals surface area contributed by atoms with Gasteiger partial charge in [-0.05, 0) is 43.2 Å². The van der Waals surface area contributed by atoms with Crippen LogP contribution >= 0.6 is 0 Å². The van der Waals surface area contributed by atoms with E-state index in [-0.39, 0.29) is 5.76 Å². The molecule has 1 aliphatic rings. The van der Waals surface area contributed by atoms with Crippen LogP contribution in [0.1, 0.15) is 29.2 Å². The molecule has 1 aliphatic heterocycles. The molecule has 3 rings (SSSR count). The van der Waals surface area contributed by atoms with Crippen molar-refractivity contribution >= 4 is 17.3 Å². The Balaban J connectivity index is 1.64. The molecule has 0 aliphatic carbocycles. The third kappa shape index (κ3) is 3.18. The molecule has 1 aromatic carbocycles. The highest BCUT2D eigenvalue weighted by Crippen LogP contribution is 2.23. The van der Waals surface area contributed by atoms with E-state index in [2.05, 4.69) is 22.3 Å². The highest BCUT2D eigenvalue weighted by Gasteiger charge is 2.12. The van der Waals surface area contributed by atoms with Crippen LogP contribution in [0.5, 0.6) is 0 Å². The molecule has 0 radical (unpaired) electrons. The van der Waals surface area contributed by atoms with Gasteiger partial charge in [-0.3, -0.25) is 0 Å². The average molecular weight is 286 g/mol. The van der Waals surface area contributed by atoms with Gasteiger partial charge in [-0.2, -0.15) is 0 Å². The van der Waals surface area contributed by atoms with E-state index in [1.807, 2.05) is 12.1 Å². The van der Waals surface area contributed by atoms with Crippen LogP contribution in [0.3, 0.4) is 0 Å². The second-order valence-electron chi connectivity index (χ2n) is 5.17. The minimum Gasteiger partial charge on any atom is -0.475 e. The van der Waals surface area contributed by atoms with Gasteiger partial charge in [-0.25, -0.2) is 4.79 Å². The maximum Gasteiger partial charge on any atom is 0.371 e. The predicted molar refractivity (Wildman–Crippen MR) is 80.9 cm³/mol. The summed E-state index contributed by atoms with van der Waals surface area (Å²) in [6.07, 6.45) is 2.50. The number of nitrogens with zero attached hydrogens (tertiary/aromatic N) is 1. The number of carboxylic acid groups (broad SMARTS) is 1. The number of hydrogen-bond acceptors (Lipinski definition) is 4. The largest absolute Gasteiger partial charge is 0.475 e. The summed E-state index contributed by atoms with van der Waals surface area (Å²) in [5.74, 6) is -0.464. The molecule has 0 atom stereocenters. The van der Waals surface area contributed by atoms with Gasteiger partial charge in [0.05, 0.1) is 6.54 Å². The predicted octanol–water partition coefficient (Wildman–Crippen LogP) is 3.19. The quantitative estimate of drug-likeness (QED) is 0.883. The van der Waals surface area contributed by atoms with Crippen molar-refractivity contribution in [3.05, 3.63) is 47.9 Å². The van der Waals surface area contributed by atoms with E-state index in [0.717, 1.165) is 18.8 Å². The van der Waals surface area contributed by atoms with E-state index < -0.39 is 5.97 Å². The number of benzene rings is 1. The Kier molecular flexibility index (Phi) is 3.81. The lowest BCUT2D eigenvalue weighted by atomic mass is 10.2. The third-order valence-corrected chi connectivity index (χ3v) is 3.66. The van der Waals surface area contributed by atoms with Crippen LogP contribution < -0.4 is 10.2 Å². The standard InChI is InChI=1S/C16H18N2O3/c19-16(20)15-7-6-14(21-15)11-17-12-4-3-5-13(10-12)18-8-1-2-9-18/h3-7,10,17H,1-2,8-9,11H2,(H,19,20). The first-order valence-corrected chi connectivity index (χ1v) is 7.13. The fourth-order valence-corrected chi connectivity index (χ4v) is 2.56. The van der Waals surface area contributed by atoms with Crippen LogP contribution in [-0.4, -0.2) is 24.2 Å². The average Bonchev–Trinajstić information content (AvgIpc) is 3.17. The molecule has 0 amide bonds. The van der Waals surface area contributed by atoms with Gasteiger partial charge in [0.1, 0.15) is 5.76 Å². The molecule has 1 saturated heterocycles. The van der Waals surface area contributed by atoms with Gasteiger partial charge in [-0.15, -0.1) is 0 Å². The molecule has 1 aromatic heterocycles. The van der Waals surface area contributed by atoms with Crippen LogP contribution in [0.25, 0.3) is 0 Å². The lowest BCUT2D eigenvalue weighted by molar-refractivity contribution is 0.0660. The van der Waals surface area contributed by atoms with Crippen molar-refractivity contribution in [3.63, 3.8) is 0 Å². The van der Waals surface area contributed by atoms with Crippen molar-refractivity contribution in [3.8, 4) is 0 Å². The number of furan rings is 1. The molecule has 21 heavy (non-hydrogen) atoms. The second-order valence-corrected chi connectivity index (χ2v) is 5.17. The van der Waals surface area contributed by atoms with Crippen LogP contribution in [0.4, 0.5) is 11.4 Å². The zero-order chi connectivity index (χ0) is 14.7. The monoisotopic (exact) mass is 286 g/mol. The molecule has 5 heteroatoms. The summed E-state index contributed by atoms with van der Waals surface area (Å²) in [6.45, 7) is 2.70.